The normalized spacial score (nSPS) is 19.8. The van der Waals surface area contributed by atoms with Crippen molar-refractivity contribution in [3.05, 3.63) is 40.5 Å². The first-order chi connectivity index (χ1) is 11.6. The average molecular weight is 327 g/mol. The highest BCUT2D eigenvalue weighted by Gasteiger charge is 2.25. The second kappa shape index (κ2) is 6.09. The number of amides is 1. The lowest BCUT2D eigenvalue weighted by Gasteiger charge is -2.24. The fourth-order valence-corrected chi connectivity index (χ4v) is 4.22. The van der Waals surface area contributed by atoms with Crippen LogP contribution < -0.4 is 11.1 Å². The van der Waals surface area contributed by atoms with Gasteiger partial charge < -0.3 is 15.6 Å². The SMILES string of the molecule is Cn1cc2c(n1)CCCC2NCc1cc(C(N)=O)c2n1CCCC2. The first-order valence-corrected chi connectivity index (χ1v) is 8.90. The van der Waals surface area contributed by atoms with Gasteiger partial charge in [-0.3, -0.25) is 9.48 Å². The van der Waals surface area contributed by atoms with Gasteiger partial charge in [0.1, 0.15) is 0 Å². The minimum Gasteiger partial charge on any atom is -0.366 e. The van der Waals surface area contributed by atoms with Crippen molar-refractivity contribution < 1.29 is 4.79 Å². The highest BCUT2D eigenvalue weighted by atomic mass is 16.1. The molecule has 6 heteroatoms. The smallest absolute Gasteiger partial charge is 0.250 e. The molecule has 6 nitrogen and oxygen atoms in total. The molecule has 0 spiro atoms. The Morgan fingerprint density at radius 2 is 2.25 bits per heavy atom. The van der Waals surface area contributed by atoms with E-state index in [1.807, 2.05) is 17.8 Å². The number of fused-ring (bicyclic) bond motifs is 2. The average Bonchev–Trinajstić information content (AvgIpc) is 3.13. The van der Waals surface area contributed by atoms with E-state index >= 15 is 0 Å². The Labute approximate surface area is 142 Å². The van der Waals surface area contributed by atoms with Gasteiger partial charge in [0.15, 0.2) is 0 Å². The Morgan fingerprint density at radius 1 is 1.38 bits per heavy atom. The fraction of sp³-hybridized carbons (Fsp3) is 0.556. The third kappa shape index (κ3) is 2.65. The largest absolute Gasteiger partial charge is 0.366 e. The summed E-state index contributed by atoms with van der Waals surface area (Å²) in [6.07, 6.45) is 8.76. The highest BCUT2D eigenvalue weighted by molar-refractivity contribution is 5.94. The molecule has 4 rings (SSSR count). The minimum atomic E-state index is -0.306. The van der Waals surface area contributed by atoms with Crippen LogP contribution in [0.3, 0.4) is 0 Å². The zero-order chi connectivity index (χ0) is 16.7. The molecule has 0 saturated carbocycles. The molecule has 0 aromatic carbocycles. The van der Waals surface area contributed by atoms with E-state index in [1.165, 1.54) is 29.8 Å². The summed E-state index contributed by atoms with van der Waals surface area (Å²) in [6.45, 7) is 1.75. The summed E-state index contributed by atoms with van der Waals surface area (Å²) in [5, 5.41) is 8.25. The standard InChI is InChI=1S/C18H25N5O/c1-22-11-14-15(5-4-6-16(14)21-22)20-10-12-9-13(18(19)24)17-7-2-3-8-23(12)17/h9,11,15,20H,2-8,10H2,1H3,(H2,19,24). The van der Waals surface area contributed by atoms with Crippen LogP contribution in [0.5, 0.6) is 0 Å². The molecule has 2 aliphatic rings. The van der Waals surface area contributed by atoms with Gasteiger partial charge in [-0.15, -0.1) is 0 Å². The van der Waals surface area contributed by atoms with Crippen molar-refractivity contribution in [2.24, 2.45) is 12.8 Å². The van der Waals surface area contributed by atoms with Crippen LogP contribution >= 0.6 is 0 Å². The van der Waals surface area contributed by atoms with Gasteiger partial charge in [-0.05, 0) is 44.6 Å². The van der Waals surface area contributed by atoms with E-state index in [9.17, 15) is 4.79 Å². The van der Waals surface area contributed by atoms with Gasteiger partial charge in [-0.1, -0.05) is 0 Å². The van der Waals surface area contributed by atoms with Crippen molar-refractivity contribution in [2.75, 3.05) is 0 Å². The summed E-state index contributed by atoms with van der Waals surface area (Å²) >= 11 is 0. The minimum absolute atomic E-state index is 0.306. The first kappa shape index (κ1) is 15.4. The molecule has 0 saturated heterocycles. The van der Waals surface area contributed by atoms with Crippen molar-refractivity contribution in [3.8, 4) is 0 Å². The van der Waals surface area contributed by atoms with Gasteiger partial charge in [-0.25, -0.2) is 0 Å². The monoisotopic (exact) mass is 327 g/mol. The summed E-state index contributed by atoms with van der Waals surface area (Å²) in [7, 11) is 1.98. The van der Waals surface area contributed by atoms with E-state index in [0.29, 0.717) is 11.6 Å². The predicted molar refractivity (Wildman–Crippen MR) is 91.6 cm³/mol. The lowest BCUT2D eigenvalue weighted by molar-refractivity contribution is 0.0999. The molecule has 1 amide bonds. The van der Waals surface area contributed by atoms with E-state index in [0.717, 1.165) is 44.5 Å². The Bertz CT molecular complexity index is 773. The Balaban J connectivity index is 1.56. The summed E-state index contributed by atoms with van der Waals surface area (Å²) in [6, 6.07) is 2.33. The molecule has 0 radical (unpaired) electrons. The van der Waals surface area contributed by atoms with Crippen LogP contribution in [0, 0.1) is 0 Å². The Kier molecular flexibility index (Phi) is 3.92. The number of rotatable bonds is 4. The van der Waals surface area contributed by atoms with Crippen molar-refractivity contribution in [3.63, 3.8) is 0 Å². The number of nitrogens with one attached hydrogen (secondary N) is 1. The number of primary amides is 1. The van der Waals surface area contributed by atoms with E-state index in [1.54, 1.807) is 0 Å². The van der Waals surface area contributed by atoms with Crippen LogP contribution in [0.1, 0.15) is 64.7 Å². The van der Waals surface area contributed by atoms with Crippen molar-refractivity contribution >= 4 is 5.91 Å². The molecule has 24 heavy (non-hydrogen) atoms. The lowest BCUT2D eigenvalue weighted by atomic mass is 9.93. The molecule has 0 bridgehead atoms. The molecule has 3 N–H and O–H groups in total. The number of aryl methyl sites for hydroxylation is 2. The summed E-state index contributed by atoms with van der Waals surface area (Å²) in [5.41, 5.74) is 11.1. The van der Waals surface area contributed by atoms with Gasteiger partial charge in [0.25, 0.3) is 5.91 Å². The van der Waals surface area contributed by atoms with Gasteiger partial charge >= 0.3 is 0 Å². The molecule has 1 aliphatic carbocycles. The topological polar surface area (TPSA) is 77.9 Å². The molecule has 3 heterocycles. The summed E-state index contributed by atoms with van der Waals surface area (Å²) in [5.74, 6) is -0.306. The van der Waals surface area contributed by atoms with Crippen LogP contribution in [0.15, 0.2) is 12.3 Å². The number of nitrogens with two attached hydrogens (primary N) is 1. The van der Waals surface area contributed by atoms with Crippen molar-refractivity contribution in [1.82, 2.24) is 19.7 Å². The number of carbonyl (C=O) groups excluding carboxylic acids is 1. The Morgan fingerprint density at radius 3 is 3.08 bits per heavy atom. The van der Waals surface area contributed by atoms with Gasteiger partial charge in [-0.2, -0.15) is 5.10 Å². The number of hydrogen-bond acceptors (Lipinski definition) is 3. The van der Waals surface area contributed by atoms with Gasteiger partial charge in [0, 0.05) is 49.3 Å². The van der Waals surface area contributed by atoms with Crippen LogP contribution in [-0.2, 0) is 33.0 Å². The second-order valence-corrected chi connectivity index (χ2v) is 7.00. The fourth-order valence-electron chi connectivity index (χ4n) is 4.22. The molecule has 0 fully saturated rings. The van der Waals surface area contributed by atoms with Crippen LogP contribution in [0.25, 0.3) is 0 Å². The summed E-state index contributed by atoms with van der Waals surface area (Å²) < 4.78 is 4.21. The van der Waals surface area contributed by atoms with E-state index in [-0.39, 0.29) is 5.91 Å². The zero-order valence-electron chi connectivity index (χ0n) is 14.2. The molecule has 1 aliphatic heterocycles. The summed E-state index contributed by atoms with van der Waals surface area (Å²) in [4.78, 5) is 11.7. The predicted octanol–water partition coefficient (Wildman–Crippen LogP) is 1.82. The van der Waals surface area contributed by atoms with Gasteiger partial charge in [0.2, 0.25) is 0 Å². The number of aromatic nitrogens is 3. The molecule has 1 atom stereocenters. The van der Waals surface area contributed by atoms with Crippen LogP contribution in [-0.4, -0.2) is 20.3 Å². The van der Waals surface area contributed by atoms with Crippen LogP contribution in [0.2, 0.25) is 0 Å². The number of carbonyl (C=O) groups is 1. The maximum Gasteiger partial charge on any atom is 0.250 e. The van der Waals surface area contributed by atoms with E-state index in [4.69, 9.17) is 5.73 Å². The maximum absolute atomic E-state index is 11.7. The van der Waals surface area contributed by atoms with Crippen LogP contribution in [0.4, 0.5) is 0 Å². The maximum atomic E-state index is 11.7. The Hall–Kier alpha value is -2.08. The number of hydrogen-bond donors (Lipinski definition) is 2. The third-order valence-corrected chi connectivity index (χ3v) is 5.35. The molecule has 2 aromatic heterocycles. The molecule has 1 unspecified atom stereocenters. The van der Waals surface area contributed by atoms with Crippen molar-refractivity contribution in [2.45, 2.75) is 57.7 Å². The van der Waals surface area contributed by atoms with E-state index in [2.05, 4.69) is 21.2 Å². The van der Waals surface area contributed by atoms with Gasteiger partial charge in [0.05, 0.1) is 11.3 Å². The van der Waals surface area contributed by atoms with E-state index < -0.39 is 0 Å². The zero-order valence-corrected chi connectivity index (χ0v) is 14.2. The molecule has 2 aromatic rings. The molecular weight excluding hydrogens is 302 g/mol. The first-order valence-electron chi connectivity index (χ1n) is 8.90. The highest BCUT2D eigenvalue weighted by Crippen LogP contribution is 2.30. The quantitative estimate of drug-likeness (QED) is 0.899. The third-order valence-electron chi connectivity index (χ3n) is 5.35. The molecule has 128 valence electrons. The lowest BCUT2D eigenvalue weighted by Crippen LogP contribution is -2.26. The molecular formula is C18H25N5O. The number of nitrogens with zero attached hydrogens (tertiary/aromatic N) is 3. The second-order valence-electron chi connectivity index (χ2n) is 7.00. The van der Waals surface area contributed by atoms with Crippen molar-refractivity contribution in [1.29, 1.82) is 0 Å².